The number of rotatable bonds is 4. The van der Waals surface area contributed by atoms with Crippen LogP contribution in [0.1, 0.15) is 24.5 Å². The second-order valence-corrected chi connectivity index (χ2v) is 11.0. The zero-order valence-electron chi connectivity index (χ0n) is 20.0. The van der Waals surface area contributed by atoms with Crippen LogP contribution in [-0.4, -0.2) is 61.6 Å². The molecule has 0 atom stereocenters. The van der Waals surface area contributed by atoms with Gasteiger partial charge in [-0.1, -0.05) is 24.3 Å². The van der Waals surface area contributed by atoms with Crippen molar-refractivity contribution in [2.75, 3.05) is 42.5 Å². The van der Waals surface area contributed by atoms with Crippen molar-refractivity contribution in [2.24, 2.45) is 0 Å². The molecule has 2 aliphatic heterocycles. The van der Waals surface area contributed by atoms with Crippen molar-refractivity contribution in [3.05, 3.63) is 65.7 Å². The van der Waals surface area contributed by atoms with Gasteiger partial charge in [0.2, 0.25) is 15.9 Å². The van der Waals surface area contributed by atoms with E-state index in [1.807, 2.05) is 43.3 Å². The molecule has 35 heavy (non-hydrogen) atoms. The second-order valence-electron chi connectivity index (χ2n) is 9.05. The standard InChI is InChI=1S/C26H29N5O3S/c1-19-6-3-4-8-23(19)24-10-12-26(28-27-24)29-14-16-30(17-15-29)35(33,34)22-9-11-25-21(18-22)7-5-13-31(25)20(2)32/h3-4,6,8-12,18H,5,7,13-17H2,1-2H3. The number of piperazine rings is 1. The Bertz CT molecular complexity index is 1350. The van der Waals surface area contributed by atoms with Gasteiger partial charge >= 0.3 is 0 Å². The zero-order valence-corrected chi connectivity index (χ0v) is 20.8. The van der Waals surface area contributed by atoms with E-state index >= 15 is 0 Å². The van der Waals surface area contributed by atoms with Gasteiger partial charge in [0.15, 0.2) is 5.82 Å². The molecule has 0 N–H and O–H groups in total. The number of anilines is 2. The summed E-state index contributed by atoms with van der Waals surface area (Å²) in [5, 5.41) is 8.82. The molecule has 0 unspecified atom stereocenters. The Morgan fingerprint density at radius 2 is 1.69 bits per heavy atom. The van der Waals surface area contributed by atoms with Crippen molar-refractivity contribution in [2.45, 2.75) is 31.6 Å². The first-order valence-corrected chi connectivity index (χ1v) is 13.3. The Kier molecular flexibility index (Phi) is 6.29. The van der Waals surface area contributed by atoms with E-state index in [2.05, 4.69) is 15.1 Å². The fourth-order valence-electron chi connectivity index (χ4n) is 4.87. The maximum Gasteiger partial charge on any atom is 0.243 e. The third-order valence-corrected chi connectivity index (χ3v) is 8.72. The van der Waals surface area contributed by atoms with E-state index in [-0.39, 0.29) is 10.8 Å². The summed E-state index contributed by atoms with van der Waals surface area (Å²) in [5.74, 6) is 0.727. The predicted octanol–water partition coefficient (Wildman–Crippen LogP) is 3.26. The van der Waals surface area contributed by atoms with Gasteiger partial charge in [0.25, 0.3) is 0 Å². The van der Waals surface area contributed by atoms with Gasteiger partial charge in [0, 0.05) is 50.9 Å². The molecule has 1 saturated heterocycles. The Hall–Kier alpha value is -3.30. The van der Waals surface area contributed by atoms with Crippen LogP contribution in [0.25, 0.3) is 11.3 Å². The van der Waals surface area contributed by atoms with E-state index in [1.165, 1.54) is 4.31 Å². The number of hydrogen-bond acceptors (Lipinski definition) is 6. The number of carbonyl (C=O) groups is 1. The molecule has 0 spiro atoms. The zero-order chi connectivity index (χ0) is 24.6. The van der Waals surface area contributed by atoms with Gasteiger partial charge in [-0.2, -0.15) is 4.31 Å². The van der Waals surface area contributed by atoms with E-state index in [0.717, 1.165) is 46.7 Å². The molecular formula is C26H29N5O3S. The van der Waals surface area contributed by atoms with E-state index < -0.39 is 10.0 Å². The van der Waals surface area contributed by atoms with Crippen molar-refractivity contribution in [1.82, 2.24) is 14.5 Å². The first-order chi connectivity index (χ1) is 16.8. The van der Waals surface area contributed by atoms with E-state index in [9.17, 15) is 13.2 Å². The molecule has 0 aliphatic carbocycles. The molecule has 9 heteroatoms. The highest BCUT2D eigenvalue weighted by Gasteiger charge is 2.30. The van der Waals surface area contributed by atoms with Crippen molar-refractivity contribution in [3.63, 3.8) is 0 Å². The van der Waals surface area contributed by atoms with Crippen LogP contribution < -0.4 is 9.80 Å². The van der Waals surface area contributed by atoms with Crippen LogP contribution in [0, 0.1) is 6.92 Å². The lowest BCUT2D eigenvalue weighted by Crippen LogP contribution is -2.49. The van der Waals surface area contributed by atoms with Crippen molar-refractivity contribution < 1.29 is 13.2 Å². The number of sulfonamides is 1. The number of nitrogens with zero attached hydrogens (tertiary/aromatic N) is 5. The van der Waals surface area contributed by atoms with Gasteiger partial charge in [-0.05, 0) is 61.2 Å². The predicted molar refractivity (Wildman–Crippen MR) is 136 cm³/mol. The molecule has 3 heterocycles. The summed E-state index contributed by atoms with van der Waals surface area (Å²) in [5.41, 5.74) is 4.75. The normalized spacial score (nSPS) is 16.7. The topological polar surface area (TPSA) is 86.7 Å². The third kappa shape index (κ3) is 4.53. The average molecular weight is 492 g/mol. The Labute approximate surface area is 206 Å². The number of hydrogen-bond donors (Lipinski definition) is 0. The van der Waals surface area contributed by atoms with Crippen LogP contribution in [0.15, 0.2) is 59.5 Å². The smallest absolute Gasteiger partial charge is 0.243 e. The van der Waals surface area contributed by atoms with Crippen LogP contribution in [0.3, 0.4) is 0 Å². The lowest BCUT2D eigenvalue weighted by atomic mass is 10.0. The highest BCUT2D eigenvalue weighted by molar-refractivity contribution is 7.89. The molecule has 0 saturated carbocycles. The summed E-state index contributed by atoms with van der Waals surface area (Å²) in [4.78, 5) is 16.0. The maximum absolute atomic E-state index is 13.4. The molecule has 2 aromatic carbocycles. The number of amides is 1. The van der Waals surface area contributed by atoms with E-state index in [1.54, 1.807) is 30.0 Å². The SMILES string of the molecule is CC(=O)N1CCCc2cc(S(=O)(=O)N3CCN(c4ccc(-c5ccccc5C)nn4)CC3)ccc21. The van der Waals surface area contributed by atoms with E-state index in [4.69, 9.17) is 0 Å². The van der Waals surface area contributed by atoms with E-state index in [0.29, 0.717) is 32.7 Å². The molecule has 1 fully saturated rings. The Morgan fingerprint density at radius 3 is 2.37 bits per heavy atom. The molecule has 5 rings (SSSR count). The number of fused-ring (bicyclic) bond motifs is 1. The minimum Gasteiger partial charge on any atom is -0.352 e. The number of aryl methyl sites for hydroxylation is 2. The van der Waals surface area contributed by atoms with Crippen LogP contribution >= 0.6 is 0 Å². The second kappa shape index (κ2) is 9.39. The summed E-state index contributed by atoms with van der Waals surface area (Å²) < 4.78 is 28.3. The summed E-state index contributed by atoms with van der Waals surface area (Å²) >= 11 is 0. The molecule has 1 amide bonds. The summed E-state index contributed by atoms with van der Waals surface area (Å²) in [6, 6.07) is 17.1. The van der Waals surface area contributed by atoms with Crippen molar-refractivity contribution in [3.8, 4) is 11.3 Å². The number of benzene rings is 2. The number of carbonyl (C=O) groups excluding carboxylic acids is 1. The van der Waals surface area contributed by atoms with Gasteiger partial charge in [-0.3, -0.25) is 4.79 Å². The van der Waals surface area contributed by atoms with Gasteiger partial charge < -0.3 is 9.80 Å². The molecule has 8 nitrogen and oxygen atoms in total. The van der Waals surface area contributed by atoms with Crippen LogP contribution in [0.2, 0.25) is 0 Å². The molecule has 3 aromatic rings. The fraction of sp³-hybridized carbons (Fsp3) is 0.346. The van der Waals surface area contributed by atoms with Crippen LogP contribution in [0.4, 0.5) is 11.5 Å². The fourth-order valence-corrected chi connectivity index (χ4v) is 6.34. The lowest BCUT2D eigenvalue weighted by molar-refractivity contribution is -0.116. The van der Waals surface area contributed by atoms with Gasteiger partial charge in [-0.25, -0.2) is 8.42 Å². The maximum atomic E-state index is 13.4. The van der Waals surface area contributed by atoms with Gasteiger partial charge in [0.1, 0.15) is 0 Å². The highest BCUT2D eigenvalue weighted by Crippen LogP contribution is 2.31. The lowest BCUT2D eigenvalue weighted by Gasteiger charge is -2.35. The minimum atomic E-state index is -3.62. The molecule has 182 valence electrons. The largest absolute Gasteiger partial charge is 0.352 e. The van der Waals surface area contributed by atoms with Gasteiger partial charge in [-0.15, -0.1) is 10.2 Å². The molecule has 0 radical (unpaired) electrons. The van der Waals surface area contributed by atoms with Crippen molar-refractivity contribution in [1.29, 1.82) is 0 Å². The third-order valence-electron chi connectivity index (χ3n) is 6.82. The van der Waals surface area contributed by atoms with Gasteiger partial charge in [0.05, 0.1) is 10.6 Å². The first-order valence-electron chi connectivity index (χ1n) is 11.9. The summed E-state index contributed by atoms with van der Waals surface area (Å²) in [6.07, 6.45) is 1.60. The average Bonchev–Trinajstić information content (AvgIpc) is 2.88. The molecule has 1 aromatic heterocycles. The molecule has 2 aliphatic rings. The molecule has 0 bridgehead atoms. The van der Waals surface area contributed by atoms with Crippen LogP contribution in [0.5, 0.6) is 0 Å². The Morgan fingerprint density at radius 1 is 0.914 bits per heavy atom. The quantitative estimate of drug-likeness (QED) is 0.557. The van der Waals surface area contributed by atoms with Crippen LogP contribution in [-0.2, 0) is 21.2 Å². The molecular weight excluding hydrogens is 462 g/mol. The summed E-state index contributed by atoms with van der Waals surface area (Å²) in [6.45, 7) is 6.10. The Balaban J connectivity index is 1.28. The van der Waals surface area contributed by atoms with Crippen molar-refractivity contribution >= 4 is 27.4 Å². The number of aromatic nitrogens is 2. The highest BCUT2D eigenvalue weighted by atomic mass is 32.2. The first kappa shape index (κ1) is 23.4. The summed E-state index contributed by atoms with van der Waals surface area (Å²) in [7, 11) is -3.62. The minimum absolute atomic E-state index is 0.0206. The monoisotopic (exact) mass is 491 g/mol.